The molecule has 1 heterocycles. The van der Waals surface area contributed by atoms with E-state index in [1.165, 1.54) is 0 Å². The number of fused-ring (bicyclic) bond motifs is 1. The number of benzene rings is 2. The number of aryl methyl sites for hydroxylation is 3. The molecule has 7 heteroatoms. The molecule has 0 radical (unpaired) electrons. The lowest BCUT2D eigenvalue weighted by atomic mass is 10.1. The Kier molecular flexibility index (Phi) is 5.73. The zero-order chi connectivity index (χ0) is 20.5. The standard InChI is InChI=1S/C21H20F3N3S/c1-13-8-14(2)20(15(3)9-13)28-26-19(21(22,23)24)12-27-7-6-17-10-16(11-25)4-5-18(17)27/h4-10,19,26H,12H2,1-3H3. The molecule has 0 saturated carbocycles. The minimum atomic E-state index is -4.40. The van der Waals surface area contributed by atoms with Crippen molar-refractivity contribution >= 4 is 22.9 Å². The summed E-state index contributed by atoms with van der Waals surface area (Å²) in [5, 5.41) is 9.73. The van der Waals surface area contributed by atoms with Crippen molar-refractivity contribution in [3.05, 3.63) is 64.8 Å². The Bertz CT molecular complexity index is 1020. The summed E-state index contributed by atoms with van der Waals surface area (Å²) in [6.07, 6.45) is -2.78. The van der Waals surface area contributed by atoms with Gasteiger partial charge in [-0.3, -0.25) is 0 Å². The predicted molar refractivity (Wildman–Crippen MR) is 106 cm³/mol. The van der Waals surface area contributed by atoms with E-state index < -0.39 is 12.2 Å². The topological polar surface area (TPSA) is 40.8 Å². The molecule has 0 amide bonds. The fourth-order valence-electron chi connectivity index (χ4n) is 3.29. The number of aromatic nitrogens is 1. The molecule has 0 aliphatic heterocycles. The highest BCUT2D eigenvalue weighted by Crippen LogP contribution is 2.30. The number of nitriles is 1. The minimum absolute atomic E-state index is 0.254. The van der Waals surface area contributed by atoms with Gasteiger partial charge in [0.1, 0.15) is 6.04 Å². The largest absolute Gasteiger partial charge is 0.406 e. The van der Waals surface area contributed by atoms with Crippen molar-refractivity contribution in [1.29, 1.82) is 5.26 Å². The van der Waals surface area contributed by atoms with E-state index in [2.05, 4.69) is 4.72 Å². The third-order valence-electron chi connectivity index (χ3n) is 4.58. The summed E-state index contributed by atoms with van der Waals surface area (Å²) in [6, 6.07) is 11.0. The molecule has 1 atom stereocenters. The smallest absolute Gasteiger partial charge is 0.346 e. The second-order valence-electron chi connectivity index (χ2n) is 6.90. The van der Waals surface area contributed by atoms with Crippen LogP contribution in [0.5, 0.6) is 0 Å². The maximum absolute atomic E-state index is 13.7. The molecule has 28 heavy (non-hydrogen) atoms. The molecule has 1 N–H and O–H groups in total. The summed E-state index contributed by atoms with van der Waals surface area (Å²) in [6.45, 7) is 5.52. The lowest BCUT2D eigenvalue weighted by Gasteiger charge is -2.23. The summed E-state index contributed by atoms with van der Waals surface area (Å²) in [7, 11) is 0. The van der Waals surface area contributed by atoms with Gasteiger partial charge in [0.15, 0.2) is 0 Å². The van der Waals surface area contributed by atoms with Crippen molar-refractivity contribution in [2.75, 3.05) is 0 Å². The van der Waals surface area contributed by atoms with Gasteiger partial charge in [0, 0.05) is 28.5 Å². The second-order valence-corrected chi connectivity index (χ2v) is 7.74. The van der Waals surface area contributed by atoms with E-state index in [0.29, 0.717) is 11.1 Å². The first-order chi connectivity index (χ1) is 13.2. The van der Waals surface area contributed by atoms with Crippen LogP contribution >= 0.6 is 11.9 Å². The molecule has 146 valence electrons. The van der Waals surface area contributed by atoms with Crippen LogP contribution in [0.1, 0.15) is 22.3 Å². The Hall–Kier alpha value is -2.43. The molecule has 0 fully saturated rings. The molecular formula is C21H20F3N3S. The molecule has 3 rings (SSSR count). The first kappa shape index (κ1) is 20.3. The summed E-state index contributed by atoms with van der Waals surface area (Å²) >= 11 is 1.02. The Morgan fingerprint density at radius 3 is 2.39 bits per heavy atom. The van der Waals surface area contributed by atoms with Gasteiger partial charge in [0.2, 0.25) is 0 Å². The second kappa shape index (κ2) is 7.90. The zero-order valence-corrected chi connectivity index (χ0v) is 16.6. The number of nitrogens with zero attached hydrogens (tertiary/aromatic N) is 2. The molecule has 0 aliphatic rings. The predicted octanol–water partition coefficient (Wildman–Crippen LogP) is 5.67. The van der Waals surface area contributed by atoms with Crippen LogP contribution in [-0.4, -0.2) is 16.8 Å². The Morgan fingerprint density at radius 1 is 1.11 bits per heavy atom. The van der Waals surface area contributed by atoms with E-state index >= 15 is 0 Å². The van der Waals surface area contributed by atoms with E-state index in [0.717, 1.165) is 38.9 Å². The van der Waals surface area contributed by atoms with Crippen LogP contribution in [0.4, 0.5) is 13.2 Å². The third-order valence-corrected chi connectivity index (χ3v) is 5.83. The van der Waals surface area contributed by atoms with Crippen LogP contribution < -0.4 is 4.72 Å². The average molecular weight is 403 g/mol. The van der Waals surface area contributed by atoms with Crippen molar-refractivity contribution in [3.8, 4) is 6.07 Å². The van der Waals surface area contributed by atoms with Crippen LogP contribution in [0.25, 0.3) is 10.9 Å². The summed E-state index contributed by atoms with van der Waals surface area (Å²) < 4.78 is 45.2. The van der Waals surface area contributed by atoms with E-state index in [1.807, 2.05) is 39.0 Å². The lowest BCUT2D eigenvalue weighted by Crippen LogP contribution is -2.42. The van der Waals surface area contributed by atoms with Gasteiger partial charge in [-0.2, -0.15) is 18.4 Å². The van der Waals surface area contributed by atoms with Gasteiger partial charge in [-0.05, 0) is 68.1 Å². The highest BCUT2D eigenvalue weighted by Gasteiger charge is 2.40. The molecule has 3 nitrogen and oxygen atoms in total. The van der Waals surface area contributed by atoms with Crippen LogP contribution in [0.2, 0.25) is 0 Å². The molecule has 0 saturated heterocycles. The first-order valence-corrected chi connectivity index (χ1v) is 9.56. The highest BCUT2D eigenvalue weighted by molar-refractivity contribution is 7.97. The zero-order valence-electron chi connectivity index (χ0n) is 15.8. The number of alkyl halides is 3. The number of hydrogen-bond acceptors (Lipinski definition) is 3. The van der Waals surface area contributed by atoms with Crippen LogP contribution in [0.3, 0.4) is 0 Å². The van der Waals surface area contributed by atoms with Gasteiger partial charge < -0.3 is 4.57 Å². The molecule has 0 bridgehead atoms. The minimum Gasteiger partial charge on any atom is -0.346 e. The van der Waals surface area contributed by atoms with Gasteiger partial charge in [0.25, 0.3) is 0 Å². The summed E-state index contributed by atoms with van der Waals surface area (Å²) in [5.74, 6) is 0. The van der Waals surface area contributed by atoms with Crippen molar-refractivity contribution in [3.63, 3.8) is 0 Å². The Balaban J connectivity index is 1.84. The SMILES string of the molecule is Cc1cc(C)c(SNC(Cn2ccc3cc(C#N)ccc32)C(F)(F)F)c(C)c1. The van der Waals surface area contributed by atoms with Crippen LogP contribution in [-0.2, 0) is 6.54 Å². The molecular weight excluding hydrogens is 383 g/mol. The van der Waals surface area contributed by atoms with Crippen molar-refractivity contribution in [2.24, 2.45) is 0 Å². The van der Waals surface area contributed by atoms with Gasteiger partial charge in [-0.15, -0.1) is 0 Å². The monoisotopic (exact) mass is 403 g/mol. The van der Waals surface area contributed by atoms with Gasteiger partial charge in [0.05, 0.1) is 11.6 Å². The summed E-state index contributed by atoms with van der Waals surface area (Å²) in [4.78, 5) is 0.816. The Morgan fingerprint density at radius 2 is 1.79 bits per heavy atom. The number of hydrogen-bond donors (Lipinski definition) is 1. The van der Waals surface area contributed by atoms with Gasteiger partial charge >= 0.3 is 6.18 Å². The van der Waals surface area contributed by atoms with E-state index in [4.69, 9.17) is 5.26 Å². The highest BCUT2D eigenvalue weighted by atomic mass is 32.2. The third kappa shape index (κ3) is 4.34. The van der Waals surface area contributed by atoms with Crippen molar-refractivity contribution in [2.45, 2.75) is 44.4 Å². The maximum Gasteiger partial charge on any atom is 0.406 e. The number of rotatable bonds is 5. The van der Waals surface area contributed by atoms with Crippen LogP contribution in [0, 0.1) is 32.1 Å². The molecule has 0 spiro atoms. The molecule has 3 aromatic rings. The average Bonchev–Trinajstić information content (AvgIpc) is 3.00. The number of halogens is 3. The maximum atomic E-state index is 13.7. The van der Waals surface area contributed by atoms with Gasteiger partial charge in [-0.1, -0.05) is 17.7 Å². The number of nitrogens with one attached hydrogen (secondary N) is 1. The molecule has 2 aromatic carbocycles. The fraction of sp³-hybridized carbons (Fsp3) is 0.286. The fourth-order valence-corrected chi connectivity index (χ4v) is 4.20. The quantitative estimate of drug-likeness (QED) is 0.559. The van der Waals surface area contributed by atoms with Crippen molar-refractivity contribution in [1.82, 2.24) is 9.29 Å². The van der Waals surface area contributed by atoms with E-state index in [-0.39, 0.29) is 6.54 Å². The molecule has 0 aliphatic carbocycles. The Labute approximate surface area is 166 Å². The molecule has 1 unspecified atom stereocenters. The van der Waals surface area contributed by atoms with E-state index in [9.17, 15) is 13.2 Å². The van der Waals surface area contributed by atoms with Crippen molar-refractivity contribution < 1.29 is 13.2 Å². The lowest BCUT2D eigenvalue weighted by molar-refractivity contribution is -0.153. The molecule has 1 aromatic heterocycles. The van der Waals surface area contributed by atoms with E-state index in [1.54, 1.807) is 35.0 Å². The summed E-state index contributed by atoms with van der Waals surface area (Å²) in [5.41, 5.74) is 4.14. The van der Waals surface area contributed by atoms with Gasteiger partial charge in [-0.25, -0.2) is 4.72 Å². The first-order valence-electron chi connectivity index (χ1n) is 8.75. The van der Waals surface area contributed by atoms with Crippen LogP contribution in [0.15, 0.2) is 47.5 Å². The normalized spacial score (nSPS) is 12.9.